The zero-order valence-corrected chi connectivity index (χ0v) is 12.3. The molecule has 18 heavy (non-hydrogen) atoms. The summed E-state index contributed by atoms with van der Waals surface area (Å²) in [5, 5.41) is 3.65. The Balaban J connectivity index is 1.62. The van der Waals surface area contributed by atoms with Crippen LogP contribution in [0, 0.1) is 0 Å². The van der Waals surface area contributed by atoms with Crippen LogP contribution >= 0.6 is 0 Å². The van der Waals surface area contributed by atoms with Crippen LogP contribution in [0.4, 0.5) is 0 Å². The molecule has 106 valence electrons. The summed E-state index contributed by atoms with van der Waals surface area (Å²) >= 11 is 0. The Kier molecular flexibility index (Phi) is 5.93. The second kappa shape index (κ2) is 7.46. The number of rotatable bonds is 6. The largest absolute Gasteiger partial charge is 0.313 e. The van der Waals surface area contributed by atoms with E-state index in [1.165, 1.54) is 64.8 Å². The minimum absolute atomic E-state index is 0.686. The molecule has 0 aromatic rings. The van der Waals surface area contributed by atoms with Gasteiger partial charge in [-0.1, -0.05) is 19.8 Å². The van der Waals surface area contributed by atoms with Crippen molar-refractivity contribution in [2.45, 2.75) is 58.0 Å². The second-order valence-electron chi connectivity index (χ2n) is 6.13. The molecule has 2 fully saturated rings. The monoisotopic (exact) mass is 253 g/mol. The van der Waals surface area contributed by atoms with Gasteiger partial charge in [0.05, 0.1) is 0 Å². The van der Waals surface area contributed by atoms with Gasteiger partial charge in [-0.25, -0.2) is 0 Å². The average Bonchev–Trinajstić information content (AvgIpc) is 2.39. The van der Waals surface area contributed by atoms with Gasteiger partial charge in [-0.15, -0.1) is 0 Å². The molecule has 0 bridgehead atoms. The fourth-order valence-corrected chi connectivity index (χ4v) is 3.43. The van der Waals surface area contributed by atoms with Crippen LogP contribution in [0.15, 0.2) is 0 Å². The highest BCUT2D eigenvalue weighted by Gasteiger charge is 2.28. The number of hydrogen-bond donors (Lipinski definition) is 1. The molecule has 2 heterocycles. The molecule has 0 saturated carbocycles. The van der Waals surface area contributed by atoms with Gasteiger partial charge in [-0.3, -0.25) is 9.80 Å². The van der Waals surface area contributed by atoms with E-state index in [-0.39, 0.29) is 0 Å². The standard InChI is InChI=1S/C15H31N3/c1-3-6-14(2)16-8-10-17-11-12-18-9-5-4-7-15(18)13-17/h14-16H,3-13H2,1-2H3. The number of nitrogens with one attached hydrogen (secondary N) is 1. The molecule has 2 aliphatic heterocycles. The average molecular weight is 253 g/mol. The van der Waals surface area contributed by atoms with Gasteiger partial charge in [0.1, 0.15) is 0 Å². The van der Waals surface area contributed by atoms with Gasteiger partial charge in [-0.2, -0.15) is 0 Å². The minimum atomic E-state index is 0.686. The van der Waals surface area contributed by atoms with E-state index in [0.29, 0.717) is 6.04 Å². The molecular formula is C15H31N3. The van der Waals surface area contributed by atoms with Crippen LogP contribution in [-0.4, -0.2) is 61.2 Å². The predicted octanol–water partition coefficient (Wildman–Crippen LogP) is 1.93. The third-order valence-electron chi connectivity index (χ3n) is 4.56. The highest BCUT2D eigenvalue weighted by Crippen LogP contribution is 2.20. The van der Waals surface area contributed by atoms with Crippen molar-refractivity contribution >= 4 is 0 Å². The van der Waals surface area contributed by atoms with Gasteiger partial charge < -0.3 is 5.32 Å². The first-order valence-corrected chi connectivity index (χ1v) is 7.99. The molecule has 1 N–H and O–H groups in total. The quantitative estimate of drug-likeness (QED) is 0.780. The third kappa shape index (κ3) is 4.22. The molecule has 3 heteroatoms. The summed E-state index contributed by atoms with van der Waals surface area (Å²) in [5.74, 6) is 0. The van der Waals surface area contributed by atoms with Gasteiger partial charge in [0.25, 0.3) is 0 Å². The first kappa shape index (κ1) is 14.3. The zero-order chi connectivity index (χ0) is 12.8. The lowest BCUT2D eigenvalue weighted by Gasteiger charge is -2.44. The molecular weight excluding hydrogens is 222 g/mol. The molecule has 0 aromatic carbocycles. The van der Waals surface area contributed by atoms with E-state index < -0.39 is 0 Å². The number of piperazine rings is 1. The highest BCUT2D eigenvalue weighted by molar-refractivity contribution is 4.85. The van der Waals surface area contributed by atoms with Crippen molar-refractivity contribution in [3.05, 3.63) is 0 Å². The van der Waals surface area contributed by atoms with E-state index >= 15 is 0 Å². The lowest BCUT2D eigenvalue weighted by atomic mass is 9.99. The van der Waals surface area contributed by atoms with Gasteiger partial charge in [0, 0.05) is 44.8 Å². The van der Waals surface area contributed by atoms with E-state index in [1.54, 1.807) is 0 Å². The summed E-state index contributed by atoms with van der Waals surface area (Å²) in [6, 6.07) is 1.55. The highest BCUT2D eigenvalue weighted by atomic mass is 15.3. The molecule has 2 atom stereocenters. The van der Waals surface area contributed by atoms with Gasteiger partial charge >= 0.3 is 0 Å². The van der Waals surface area contributed by atoms with Crippen molar-refractivity contribution in [1.82, 2.24) is 15.1 Å². The van der Waals surface area contributed by atoms with Crippen molar-refractivity contribution < 1.29 is 0 Å². The number of hydrogen-bond acceptors (Lipinski definition) is 3. The fourth-order valence-electron chi connectivity index (χ4n) is 3.43. The van der Waals surface area contributed by atoms with Crippen LogP contribution in [0.3, 0.4) is 0 Å². The third-order valence-corrected chi connectivity index (χ3v) is 4.56. The SMILES string of the molecule is CCCC(C)NCCN1CCN2CCCCC2C1. The molecule has 0 aliphatic carbocycles. The van der Waals surface area contributed by atoms with Crippen LogP contribution in [-0.2, 0) is 0 Å². The van der Waals surface area contributed by atoms with E-state index in [1.807, 2.05) is 0 Å². The van der Waals surface area contributed by atoms with E-state index in [9.17, 15) is 0 Å². The maximum absolute atomic E-state index is 3.65. The van der Waals surface area contributed by atoms with Gasteiger partial charge in [0.15, 0.2) is 0 Å². The Bertz CT molecular complexity index is 232. The van der Waals surface area contributed by atoms with Gasteiger partial charge in [-0.05, 0) is 32.7 Å². The molecule has 2 unspecified atom stereocenters. The molecule has 0 spiro atoms. The Morgan fingerprint density at radius 3 is 2.94 bits per heavy atom. The van der Waals surface area contributed by atoms with Crippen LogP contribution in [0.25, 0.3) is 0 Å². The van der Waals surface area contributed by atoms with E-state index in [4.69, 9.17) is 0 Å². The number of nitrogens with zero attached hydrogens (tertiary/aromatic N) is 2. The molecule has 2 saturated heterocycles. The fraction of sp³-hybridized carbons (Fsp3) is 1.00. The van der Waals surface area contributed by atoms with Crippen molar-refractivity contribution in [2.75, 3.05) is 39.3 Å². The Hall–Kier alpha value is -0.120. The summed E-state index contributed by atoms with van der Waals surface area (Å²) in [7, 11) is 0. The number of fused-ring (bicyclic) bond motifs is 1. The summed E-state index contributed by atoms with van der Waals surface area (Å²) in [4.78, 5) is 5.38. The predicted molar refractivity (Wildman–Crippen MR) is 78.0 cm³/mol. The van der Waals surface area contributed by atoms with Crippen LogP contribution in [0.2, 0.25) is 0 Å². The van der Waals surface area contributed by atoms with Crippen molar-refractivity contribution in [3.8, 4) is 0 Å². The topological polar surface area (TPSA) is 18.5 Å². The summed E-state index contributed by atoms with van der Waals surface area (Å²) in [5.41, 5.74) is 0. The normalized spacial score (nSPS) is 28.0. The van der Waals surface area contributed by atoms with Crippen LogP contribution < -0.4 is 5.32 Å². The zero-order valence-electron chi connectivity index (χ0n) is 12.3. The molecule has 2 aliphatic rings. The van der Waals surface area contributed by atoms with Gasteiger partial charge in [0.2, 0.25) is 0 Å². The molecule has 2 rings (SSSR count). The Morgan fingerprint density at radius 1 is 1.22 bits per heavy atom. The lowest BCUT2D eigenvalue weighted by molar-refractivity contribution is 0.0497. The summed E-state index contributed by atoms with van der Waals surface area (Å²) < 4.78 is 0. The van der Waals surface area contributed by atoms with Crippen molar-refractivity contribution in [2.24, 2.45) is 0 Å². The Labute approximate surface area is 113 Å². The minimum Gasteiger partial charge on any atom is -0.313 e. The summed E-state index contributed by atoms with van der Waals surface area (Å²) in [6.07, 6.45) is 6.88. The maximum atomic E-state index is 3.65. The molecule has 0 radical (unpaired) electrons. The van der Waals surface area contributed by atoms with E-state index in [2.05, 4.69) is 29.0 Å². The maximum Gasteiger partial charge on any atom is 0.0223 e. The summed E-state index contributed by atoms with van der Waals surface area (Å²) in [6.45, 7) is 12.2. The molecule has 3 nitrogen and oxygen atoms in total. The lowest BCUT2D eigenvalue weighted by Crippen LogP contribution is -2.55. The molecule has 0 aromatic heterocycles. The van der Waals surface area contributed by atoms with Crippen molar-refractivity contribution in [3.63, 3.8) is 0 Å². The Morgan fingerprint density at radius 2 is 2.11 bits per heavy atom. The first-order valence-electron chi connectivity index (χ1n) is 7.99. The van der Waals surface area contributed by atoms with E-state index in [0.717, 1.165) is 12.6 Å². The second-order valence-corrected chi connectivity index (χ2v) is 6.13. The number of piperidine rings is 1. The van der Waals surface area contributed by atoms with Crippen molar-refractivity contribution in [1.29, 1.82) is 0 Å². The van der Waals surface area contributed by atoms with Crippen LogP contribution in [0.1, 0.15) is 46.0 Å². The first-order chi connectivity index (χ1) is 8.79. The smallest absolute Gasteiger partial charge is 0.0223 e. The molecule has 0 amide bonds. The van der Waals surface area contributed by atoms with Crippen LogP contribution in [0.5, 0.6) is 0 Å².